The van der Waals surface area contributed by atoms with E-state index in [0.717, 1.165) is 31.2 Å². The number of β-lactam (4-membered cyclic amide) rings is 1. The van der Waals surface area contributed by atoms with E-state index in [9.17, 15) is 19.2 Å². The van der Waals surface area contributed by atoms with Gasteiger partial charge in [-0.2, -0.15) is 0 Å². The maximum Gasteiger partial charge on any atom is 0.408 e. The SMILES string of the molecule is CC1(C)C2CCC1(C)C(OC(=O)NC1C(=O)N(SCC(=O)OCC(=O)O)C1CI)C2. The van der Waals surface area contributed by atoms with E-state index in [1.54, 1.807) is 0 Å². The fraction of sp³-hybridized carbons (Fsp3) is 0.789. The van der Waals surface area contributed by atoms with Crippen molar-refractivity contribution in [1.29, 1.82) is 0 Å². The Bertz CT molecular complexity index is 748. The van der Waals surface area contributed by atoms with Gasteiger partial charge in [0, 0.05) is 9.84 Å². The van der Waals surface area contributed by atoms with Gasteiger partial charge in [-0.3, -0.25) is 13.9 Å². The first-order valence-corrected chi connectivity index (χ1v) is 12.3. The molecule has 1 aliphatic heterocycles. The molecule has 0 aromatic rings. The number of aliphatic carboxylic acids is 1. The average molecular weight is 554 g/mol. The summed E-state index contributed by atoms with van der Waals surface area (Å²) >= 11 is 3.07. The van der Waals surface area contributed by atoms with Crippen LogP contribution in [0.2, 0.25) is 0 Å². The summed E-state index contributed by atoms with van der Waals surface area (Å²) in [5.41, 5.74) is 0.0666. The number of ether oxygens (including phenoxy) is 2. The molecule has 1 heterocycles. The number of carbonyl (C=O) groups excluding carboxylic acids is 3. The highest BCUT2D eigenvalue weighted by Crippen LogP contribution is 2.66. The molecule has 2 aliphatic carbocycles. The van der Waals surface area contributed by atoms with Gasteiger partial charge < -0.3 is 19.9 Å². The molecule has 1 saturated heterocycles. The molecule has 0 aromatic heterocycles. The van der Waals surface area contributed by atoms with Crippen molar-refractivity contribution in [1.82, 2.24) is 9.62 Å². The van der Waals surface area contributed by atoms with Crippen LogP contribution in [0.3, 0.4) is 0 Å². The Labute approximate surface area is 193 Å². The van der Waals surface area contributed by atoms with E-state index in [0.29, 0.717) is 10.3 Å². The largest absolute Gasteiger partial charge is 0.479 e. The highest BCUT2D eigenvalue weighted by Gasteiger charge is 2.63. The summed E-state index contributed by atoms with van der Waals surface area (Å²) in [6.45, 7) is 5.95. The third-order valence-electron chi connectivity index (χ3n) is 7.24. The van der Waals surface area contributed by atoms with Gasteiger partial charge in [-0.1, -0.05) is 43.4 Å². The lowest BCUT2D eigenvalue weighted by atomic mass is 9.70. The zero-order valence-corrected chi connectivity index (χ0v) is 20.2. The summed E-state index contributed by atoms with van der Waals surface area (Å²) in [7, 11) is 0. The number of carboxylic acids is 1. The molecule has 0 radical (unpaired) electrons. The van der Waals surface area contributed by atoms with Crippen molar-refractivity contribution in [2.24, 2.45) is 16.7 Å². The molecule has 2 amide bonds. The van der Waals surface area contributed by atoms with E-state index in [4.69, 9.17) is 9.84 Å². The molecule has 3 rings (SSSR count). The molecule has 2 N–H and O–H groups in total. The molecule has 2 bridgehead atoms. The molecule has 2 saturated carbocycles. The number of esters is 1. The van der Waals surface area contributed by atoms with Crippen LogP contribution in [0.1, 0.15) is 40.0 Å². The second kappa shape index (κ2) is 8.71. The molecule has 168 valence electrons. The normalized spacial score (nSPS) is 33.7. The van der Waals surface area contributed by atoms with Gasteiger partial charge in [-0.15, -0.1) is 0 Å². The van der Waals surface area contributed by atoms with Crippen molar-refractivity contribution in [3.05, 3.63) is 0 Å². The first-order valence-electron chi connectivity index (χ1n) is 9.87. The van der Waals surface area contributed by atoms with Gasteiger partial charge in [0.1, 0.15) is 17.9 Å². The molecular weight excluding hydrogens is 527 g/mol. The fourth-order valence-corrected chi connectivity index (χ4v) is 7.02. The quantitative estimate of drug-likeness (QED) is 0.154. The maximum absolute atomic E-state index is 12.5. The van der Waals surface area contributed by atoms with E-state index >= 15 is 0 Å². The van der Waals surface area contributed by atoms with E-state index < -0.39 is 30.7 Å². The first kappa shape index (κ1) is 23.4. The van der Waals surface area contributed by atoms with E-state index in [1.165, 1.54) is 4.31 Å². The number of alkyl carbamates (subject to hydrolysis) is 1. The highest BCUT2D eigenvalue weighted by atomic mass is 127. The number of carbonyl (C=O) groups is 4. The van der Waals surface area contributed by atoms with Gasteiger partial charge in [0.15, 0.2) is 6.61 Å². The molecule has 5 atom stereocenters. The van der Waals surface area contributed by atoms with Gasteiger partial charge in [-0.25, -0.2) is 9.59 Å². The van der Waals surface area contributed by atoms with Crippen LogP contribution >= 0.6 is 34.5 Å². The van der Waals surface area contributed by atoms with E-state index in [1.807, 2.05) is 0 Å². The summed E-state index contributed by atoms with van der Waals surface area (Å²) < 4.78 is 12.3. The number of fused-ring (bicyclic) bond motifs is 2. The smallest absolute Gasteiger partial charge is 0.408 e. The fourth-order valence-electron chi connectivity index (χ4n) is 4.89. The van der Waals surface area contributed by atoms with Crippen LogP contribution in [-0.4, -0.2) is 68.3 Å². The Kier molecular flexibility index (Phi) is 6.80. The number of nitrogens with zero attached hydrogens (tertiary/aromatic N) is 1. The topological polar surface area (TPSA) is 122 Å². The van der Waals surface area contributed by atoms with Crippen molar-refractivity contribution in [2.45, 2.75) is 58.2 Å². The van der Waals surface area contributed by atoms with Gasteiger partial charge >= 0.3 is 18.0 Å². The van der Waals surface area contributed by atoms with Crippen LogP contribution in [0.5, 0.6) is 0 Å². The molecule has 9 nitrogen and oxygen atoms in total. The molecule has 5 unspecified atom stereocenters. The van der Waals surface area contributed by atoms with Crippen LogP contribution in [0.4, 0.5) is 4.79 Å². The average Bonchev–Trinajstić information content (AvgIpc) is 3.01. The highest BCUT2D eigenvalue weighted by molar-refractivity contribution is 14.1. The van der Waals surface area contributed by atoms with Crippen LogP contribution in [-0.2, 0) is 23.9 Å². The van der Waals surface area contributed by atoms with E-state index in [2.05, 4.69) is 53.4 Å². The minimum absolute atomic E-state index is 0.0561. The van der Waals surface area contributed by atoms with Gasteiger partial charge in [0.25, 0.3) is 5.91 Å². The number of alkyl halides is 1. The molecule has 3 fully saturated rings. The molecule has 11 heteroatoms. The van der Waals surface area contributed by atoms with Crippen LogP contribution in [0.15, 0.2) is 0 Å². The monoisotopic (exact) mass is 554 g/mol. The first-order chi connectivity index (χ1) is 14.0. The third-order valence-corrected chi connectivity index (χ3v) is 9.24. The molecular formula is C19H27IN2O7S. The van der Waals surface area contributed by atoms with Crippen LogP contribution < -0.4 is 5.32 Å². The van der Waals surface area contributed by atoms with E-state index in [-0.39, 0.29) is 34.6 Å². The van der Waals surface area contributed by atoms with Gasteiger partial charge in [0.2, 0.25) is 0 Å². The number of nitrogens with one attached hydrogen (secondary N) is 1. The summed E-state index contributed by atoms with van der Waals surface area (Å²) in [5.74, 6) is -1.91. The van der Waals surface area contributed by atoms with Crippen LogP contribution in [0, 0.1) is 16.7 Å². The minimum Gasteiger partial charge on any atom is -0.479 e. The van der Waals surface area contributed by atoms with Crippen LogP contribution in [0.25, 0.3) is 0 Å². The molecule has 0 spiro atoms. The number of carboxylic acid groups (broad SMARTS) is 1. The Balaban J connectivity index is 1.49. The van der Waals surface area contributed by atoms with Crippen molar-refractivity contribution < 1.29 is 33.8 Å². The Morgan fingerprint density at radius 2 is 2.03 bits per heavy atom. The lowest BCUT2D eigenvalue weighted by Gasteiger charge is -2.45. The number of rotatable bonds is 8. The van der Waals surface area contributed by atoms with Gasteiger partial charge in [0.05, 0.1) is 6.04 Å². The maximum atomic E-state index is 12.5. The standard InChI is InChI=1S/C19H27IN2O7S/c1-18(2)10-4-5-19(18,3)12(6-10)29-17(27)21-15-11(7-20)22(16(15)26)30-9-14(25)28-8-13(23)24/h10-12,15H,4-9H2,1-3H3,(H,21,27)(H,23,24). The molecule has 3 aliphatic rings. The van der Waals surface area contributed by atoms with Crippen molar-refractivity contribution in [2.75, 3.05) is 16.8 Å². The zero-order chi connectivity index (χ0) is 22.3. The molecule has 0 aromatic carbocycles. The Morgan fingerprint density at radius 3 is 2.57 bits per heavy atom. The predicted molar refractivity (Wildman–Crippen MR) is 117 cm³/mol. The number of halogens is 1. The lowest BCUT2D eigenvalue weighted by Crippen LogP contribution is -2.69. The third kappa shape index (κ3) is 4.11. The lowest BCUT2D eigenvalue weighted by molar-refractivity contribution is -0.153. The summed E-state index contributed by atoms with van der Waals surface area (Å²) in [6, 6.07) is -0.980. The van der Waals surface area contributed by atoms with Crippen molar-refractivity contribution >= 4 is 58.5 Å². The zero-order valence-electron chi connectivity index (χ0n) is 17.2. The number of amides is 2. The Hall–Kier alpha value is -1.24. The second-order valence-corrected chi connectivity index (χ2v) is 10.7. The number of hydrogen-bond donors (Lipinski definition) is 2. The summed E-state index contributed by atoms with van der Waals surface area (Å²) in [5, 5.41) is 11.2. The summed E-state index contributed by atoms with van der Waals surface area (Å²) in [4.78, 5) is 47.0. The van der Waals surface area contributed by atoms with Crippen molar-refractivity contribution in [3.63, 3.8) is 0 Å². The predicted octanol–water partition coefficient (Wildman–Crippen LogP) is 2.22. The second-order valence-electron chi connectivity index (χ2n) is 8.84. The Morgan fingerprint density at radius 1 is 1.33 bits per heavy atom. The number of hydrogen-bond acceptors (Lipinski definition) is 7. The van der Waals surface area contributed by atoms with Crippen molar-refractivity contribution in [3.8, 4) is 0 Å². The summed E-state index contributed by atoms with van der Waals surface area (Å²) in [6.07, 6.45) is 2.30. The molecule has 30 heavy (non-hydrogen) atoms. The van der Waals surface area contributed by atoms with Gasteiger partial charge in [-0.05, 0) is 42.5 Å². The minimum atomic E-state index is -1.24.